The number of carbonyl (C=O) groups is 2. The Morgan fingerprint density at radius 2 is 1.65 bits per heavy atom. The number of rotatable bonds is 6. The summed E-state index contributed by atoms with van der Waals surface area (Å²) >= 11 is 0. The largest absolute Gasteiger partial charge is 0.330 e. The molecule has 0 spiro atoms. The summed E-state index contributed by atoms with van der Waals surface area (Å²) in [6.07, 6.45) is 5.32. The van der Waals surface area contributed by atoms with Crippen LogP contribution in [-0.4, -0.2) is 33.9 Å². The number of aromatic nitrogens is 1. The maximum atomic E-state index is 13.9. The smallest absolute Gasteiger partial charge is 0.247 e. The molecule has 0 saturated heterocycles. The highest BCUT2D eigenvalue weighted by molar-refractivity contribution is 6.00. The molecule has 5 rings (SSSR count). The second-order valence-corrected chi connectivity index (χ2v) is 8.37. The van der Waals surface area contributed by atoms with Crippen LogP contribution in [0.5, 0.6) is 0 Å². The van der Waals surface area contributed by atoms with Crippen LogP contribution in [0.25, 0.3) is 5.69 Å². The van der Waals surface area contributed by atoms with Crippen molar-refractivity contribution in [3.63, 3.8) is 0 Å². The van der Waals surface area contributed by atoms with Gasteiger partial charge in [-0.3, -0.25) is 14.5 Å². The first kappa shape index (κ1) is 19.6. The zero-order valence-electron chi connectivity index (χ0n) is 17.8. The van der Waals surface area contributed by atoms with Gasteiger partial charge in [-0.1, -0.05) is 49.4 Å². The van der Waals surface area contributed by atoms with Gasteiger partial charge in [0.15, 0.2) is 0 Å². The lowest BCUT2D eigenvalue weighted by Crippen LogP contribution is -2.47. The van der Waals surface area contributed by atoms with Crippen molar-refractivity contribution in [2.75, 3.05) is 11.4 Å². The average Bonchev–Trinajstić information content (AvgIpc) is 3.52. The van der Waals surface area contributed by atoms with Gasteiger partial charge >= 0.3 is 0 Å². The van der Waals surface area contributed by atoms with E-state index in [4.69, 9.17) is 0 Å². The summed E-state index contributed by atoms with van der Waals surface area (Å²) in [7, 11) is 0. The minimum Gasteiger partial charge on any atom is -0.330 e. The third-order valence-electron chi connectivity index (χ3n) is 6.18. The van der Waals surface area contributed by atoms with E-state index in [0.29, 0.717) is 6.42 Å². The zero-order valence-corrected chi connectivity index (χ0v) is 17.8. The standard InChI is InChI=1S/C26H27N3O2/c1-2-9-24(30)28(20-15-16-20)18-25(31)29-22-13-7-6-12-21(22)27-17-8-14-23(27)26(29)19-10-4-3-5-11-19/h3-8,10-14,17,20,26H,2,9,15-16,18H2,1H3/t26-/m1/s1. The van der Waals surface area contributed by atoms with Crippen LogP contribution in [-0.2, 0) is 9.59 Å². The molecule has 1 saturated carbocycles. The molecule has 2 aromatic carbocycles. The highest BCUT2D eigenvalue weighted by Crippen LogP contribution is 2.42. The van der Waals surface area contributed by atoms with Crippen molar-refractivity contribution in [1.82, 2.24) is 9.47 Å². The second-order valence-electron chi connectivity index (χ2n) is 8.37. The van der Waals surface area contributed by atoms with Crippen molar-refractivity contribution in [1.29, 1.82) is 0 Å². The Labute approximate surface area is 182 Å². The van der Waals surface area contributed by atoms with Crippen LogP contribution in [0.15, 0.2) is 72.9 Å². The van der Waals surface area contributed by atoms with Gasteiger partial charge in [-0.25, -0.2) is 0 Å². The van der Waals surface area contributed by atoms with Crippen LogP contribution >= 0.6 is 0 Å². The van der Waals surface area contributed by atoms with Gasteiger partial charge in [-0.2, -0.15) is 0 Å². The van der Waals surface area contributed by atoms with Crippen LogP contribution < -0.4 is 4.90 Å². The van der Waals surface area contributed by atoms with E-state index in [2.05, 4.69) is 22.8 Å². The van der Waals surface area contributed by atoms with Crippen molar-refractivity contribution >= 4 is 17.5 Å². The summed E-state index contributed by atoms with van der Waals surface area (Å²) in [6, 6.07) is 22.2. The second kappa shape index (κ2) is 8.06. The molecule has 1 fully saturated rings. The molecule has 1 aliphatic carbocycles. The first-order valence-electron chi connectivity index (χ1n) is 11.1. The number of hydrogen-bond donors (Lipinski definition) is 0. The lowest BCUT2D eigenvalue weighted by molar-refractivity contribution is -0.136. The molecule has 0 radical (unpaired) electrons. The predicted octanol–water partition coefficient (Wildman–Crippen LogP) is 4.70. The van der Waals surface area contributed by atoms with Crippen molar-refractivity contribution in [3.8, 4) is 5.69 Å². The lowest BCUT2D eigenvalue weighted by Gasteiger charge is -2.39. The highest BCUT2D eigenvalue weighted by atomic mass is 16.2. The Balaban J connectivity index is 1.57. The van der Waals surface area contributed by atoms with E-state index < -0.39 is 0 Å². The van der Waals surface area contributed by atoms with Crippen LogP contribution in [0.2, 0.25) is 0 Å². The molecule has 31 heavy (non-hydrogen) atoms. The van der Waals surface area contributed by atoms with Crippen LogP contribution in [0.1, 0.15) is 49.9 Å². The van der Waals surface area contributed by atoms with E-state index in [1.54, 1.807) is 0 Å². The molecule has 5 heteroatoms. The fraction of sp³-hybridized carbons (Fsp3) is 0.308. The van der Waals surface area contributed by atoms with Gasteiger partial charge in [0.25, 0.3) is 0 Å². The van der Waals surface area contributed by atoms with Gasteiger partial charge in [0, 0.05) is 18.7 Å². The van der Waals surface area contributed by atoms with E-state index in [1.165, 1.54) is 0 Å². The van der Waals surface area contributed by atoms with E-state index in [1.807, 2.05) is 71.5 Å². The molecule has 0 N–H and O–H groups in total. The maximum Gasteiger partial charge on any atom is 0.247 e. The van der Waals surface area contributed by atoms with Crippen LogP contribution in [0, 0.1) is 0 Å². The summed E-state index contributed by atoms with van der Waals surface area (Å²) in [4.78, 5) is 30.3. The molecule has 0 unspecified atom stereocenters. The van der Waals surface area contributed by atoms with Gasteiger partial charge in [-0.15, -0.1) is 0 Å². The predicted molar refractivity (Wildman–Crippen MR) is 121 cm³/mol. The third-order valence-corrected chi connectivity index (χ3v) is 6.18. The van der Waals surface area contributed by atoms with Crippen molar-refractivity contribution < 1.29 is 9.59 Å². The van der Waals surface area contributed by atoms with Gasteiger partial charge in [0.2, 0.25) is 11.8 Å². The average molecular weight is 414 g/mol. The van der Waals surface area contributed by atoms with Gasteiger partial charge in [0.05, 0.1) is 17.1 Å². The molecular formula is C26H27N3O2. The molecule has 2 heterocycles. The third kappa shape index (κ3) is 3.54. The number of anilines is 1. The number of nitrogens with zero attached hydrogens (tertiary/aromatic N) is 3. The number of fused-ring (bicyclic) bond motifs is 3. The molecule has 3 aromatic rings. The molecule has 0 bridgehead atoms. The monoisotopic (exact) mass is 413 g/mol. The molecule has 2 aliphatic rings. The number of amides is 2. The summed E-state index contributed by atoms with van der Waals surface area (Å²) in [5.74, 6) is 0.0494. The number of carbonyl (C=O) groups excluding carboxylic acids is 2. The van der Waals surface area contributed by atoms with Gasteiger partial charge < -0.3 is 9.47 Å². The topological polar surface area (TPSA) is 45.6 Å². The van der Waals surface area contributed by atoms with Crippen LogP contribution in [0.3, 0.4) is 0 Å². The lowest BCUT2D eigenvalue weighted by atomic mass is 9.97. The Morgan fingerprint density at radius 1 is 0.935 bits per heavy atom. The first-order valence-corrected chi connectivity index (χ1v) is 11.1. The summed E-state index contributed by atoms with van der Waals surface area (Å²) in [5.41, 5.74) is 3.98. The normalized spacial score (nSPS) is 17.1. The first-order chi connectivity index (χ1) is 15.2. The number of para-hydroxylation sites is 2. The molecular weight excluding hydrogens is 386 g/mol. The summed E-state index contributed by atoms with van der Waals surface area (Å²) < 4.78 is 2.16. The highest BCUT2D eigenvalue weighted by Gasteiger charge is 2.39. The molecule has 1 aliphatic heterocycles. The maximum absolute atomic E-state index is 13.9. The fourth-order valence-electron chi connectivity index (χ4n) is 4.60. The Kier molecular flexibility index (Phi) is 5.10. The van der Waals surface area contributed by atoms with Crippen molar-refractivity contribution in [3.05, 3.63) is 84.2 Å². The fourth-order valence-corrected chi connectivity index (χ4v) is 4.60. The summed E-state index contributed by atoms with van der Waals surface area (Å²) in [6.45, 7) is 2.13. The minimum absolute atomic E-state index is 0.0369. The van der Waals surface area contributed by atoms with E-state index in [0.717, 1.165) is 41.9 Å². The van der Waals surface area contributed by atoms with Crippen molar-refractivity contribution in [2.24, 2.45) is 0 Å². The van der Waals surface area contributed by atoms with Gasteiger partial charge in [0.1, 0.15) is 12.6 Å². The quantitative estimate of drug-likeness (QED) is 0.588. The Bertz CT molecular complexity index is 1100. The summed E-state index contributed by atoms with van der Waals surface area (Å²) in [5, 5.41) is 0. The van der Waals surface area contributed by atoms with E-state index >= 15 is 0 Å². The minimum atomic E-state index is -0.235. The van der Waals surface area contributed by atoms with E-state index in [-0.39, 0.29) is 30.4 Å². The van der Waals surface area contributed by atoms with E-state index in [9.17, 15) is 9.59 Å². The van der Waals surface area contributed by atoms with Gasteiger partial charge in [-0.05, 0) is 49.1 Å². The van der Waals surface area contributed by atoms with Crippen LogP contribution in [0.4, 0.5) is 5.69 Å². The SMILES string of the molecule is CCCC(=O)N(CC(=O)N1c2ccccc2-n2cccc2[C@H]1c1ccccc1)C1CC1. The molecule has 158 valence electrons. The number of benzene rings is 2. The number of hydrogen-bond acceptors (Lipinski definition) is 2. The Morgan fingerprint density at radius 3 is 2.35 bits per heavy atom. The Hall–Kier alpha value is -3.34. The zero-order chi connectivity index (χ0) is 21.4. The molecule has 2 amide bonds. The molecule has 5 nitrogen and oxygen atoms in total. The molecule has 1 aromatic heterocycles. The molecule has 1 atom stereocenters. The van der Waals surface area contributed by atoms with Crippen molar-refractivity contribution in [2.45, 2.75) is 44.7 Å².